The Balaban J connectivity index is 2.02. The molecule has 156 valence electrons. The van der Waals surface area contributed by atoms with Gasteiger partial charge in [0, 0.05) is 24.9 Å². The second-order valence-electron chi connectivity index (χ2n) is 8.69. The third-order valence-corrected chi connectivity index (χ3v) is 6.02. The molecule has 1 saturated carbocycles. The number of nitriles is 1. The highest BCUT2D eigenvalue weighted by molar-refractivity contribution is 6.02. The number of Topliss-reactive ketones (excluding diaryl/α,β-unsaturated/α-hetero) is 1. The first-order valence-electron chi connectivity index (χ1n) is 10.0. The molecule has 4 nitrogen and oxygen atoms in total. The van der Waals surface area contributed by atoms with Crippen molar-refractivity contribution in [2.24, 2.45) is 17.3 Å². The first-order valence-corrected chi connectivity index (χ1v) is 10.0. The van der Waals surface area contributed by atoms with Gasteiger partial charge < -0.3 is 4.90 Å². The van der Waals surface area contributed by atoms with E-state index in [0.29, 0.717) is 45.2 Å². The molecule has 2 rings (SSSR count). The molecule has 1 fully saturated rings. The van der Waals surface area contributed by atoms with E-state index in [-0.39, 0.29) is 42.4 Å². The smallest absolute Gasteiger partial charge is 0.342 e. The lowest BCUT2D eigenvalue weighted by molar-refractivity contribution is -0.186. The predicted molar refractivity (Wildman–Crippen MR) is 99.0 cm³/mol. The van der Waals surface area contributed by atoms with Crippen molar-refractivity contribution in [1.29, 1.82) is 5.26 Å². The molecule has 1 heterocycles. The van der Waals surface area contributed by atoms with Crippen molar-refractivity contribution in [2.75, 3.05) is 13.1 Å². The third-order valence-electron chi connectivity index (χ3n) is 6.02. The van der Waals surface area contributed by atoms with Gasteiger partial charge in [0.2, 0.25) is 5.91 Å². The quantitative estimate of drug-likeness (QED) is 0.671. The maximum absolute atomic E-state index is 13.0. The number of amides is 1. The molecule has 2 atom stereocenters. The first-order chi connectivity index (χ1) is 13.0. The summed E-state index contributed by atoms with van der Waals surface area (Å²) in [5.41, 5.74) is -0.545. The molecular weight excluding hydrogens is 369 g/mol. The summed E-state index contributed by atoms with van der Waals surface area (Å²) in [7, 11) is 0. The van der Waals surface area contributed by atoms with Crippen LogP contribution in [-0.2, 0) is 9.59 Å². The molecule has 2 unspecified atom stereocenters. The largest absolute Gasteiger partial charge is 0.391 e. The summed E-state index contributed by atoms with van der Waals surface area (Å²) in [6.07, 6.45) is 0.457. The minimum absolute atomic E-state index is 0.0308. The predicted octanol–water partition coefficient (Wildman–Crippen LogP) is 4.80. The maximum atomic E-state index is 13.0. The van der Waals surface area contributed by atoms with Crippen LogP contribution in [0.25, 0.3) is 0 Å². The summed E-state index contributed by atoms with van der Waals surface area (Å²) >= 11 is 0. The van der Waals surface area contributed by atoms with E-state index in [1.54, 1.807) is 24.8 Å². The maximum Gasteiger partial charge on any atom is 0.391 e. The van der Waals surface area contributed by atoms with Crippen LogP contribution in [-0.4, -0.2) is 35.9 Å². The number of ketones is 1. The molecular formula is C21H29F3N2O2. The molecule has 0 aromatic carbocycles. The fraction of sp³-hybridized carbons (Fsp3) is 0.762. The lowest BCUT2D eigenvalue weighted by atomic mass is 9.79. The number of rotatable bonds is 2. The van der Waals surface area contributed by atoms with Crippen LogP contribution in [0.1, 0.15) is 65.2 Å². The summed E-state index contributed by atoms with van der Waals surface area (Å²) in [5, 5.41) is 9.24. The zero-order valence-electron chi connectivity index (χ0n) is 16.6. The SMILES string of the molecule is CC1(C)CCCN(C(=O)CC2CCCC(C(F)(F)F)C2)CC/C=C(/C#N)C1=O. The van der Waals surface area contributed by atoms with Gasteiger partial charge in [0.05, 0.1) is 11.5 Å². The molecule has 1 aliphatic heterocycles. The van der Waals surface area contributed by atoms with Crippen LogP contribution in [0.2, 0.25) is 0 Å². The highest BCUT2D eigenvalue weighted by Crippen LogP contribution is 2.41. The van der Waals surface area contributed by atoms with Gasteiger partial charge in [-0.1, -0.05) is 26.3 Å². The second-order valence-corrected chi connectivity index (χ2v) is 8.69. The Morgan fingerprint density at radius 1 is 1.29 bits per heavy atom. The molecule has 0 aromatic rings. The molecule has 7 heteroatoms. The van der Waals surface area contributed by atoms with Crippen LogP contribution in [0, 0.1) is 28.6 Å². The fourth-order valence-electron chi connectivity index (χ4n) is 4.25. The second kappa shape index (κ2) is 9.11. The lowest BCUT2D eigenvalue weighted by Gasteiger charge is -2.32. The number of halogens is 3. The average molecular weight is 398 g/mol. The van der Waals surface area contributed by atoms with Gasteiger partial charge in [0.15, 0.2) is 5.78 Å². The van der Waals surface area contributed by atoms with Crippen LogP contribution >= 0.6 is 0 Å². The average Bonchev–Trinajstić information content (AvgIpc) is 2.62. The van der Waals surface area contributed by atoms with Crippen molar-refractivity contribution in [2.45, 2.75) is 71.4 Å². The fourth-order valence-corrected chi connectivity index (χ4v) is 4.25. The molecule has 0 aromatic heterocycles. The van der Waals surface area contributed by atoms with Crippen LogP contribution in [0.4, 0.5) is 13.2 Å². The standard InChI is InChI=1S/C21H29F3N2O2/c1-20(2)9-5-11-26(10-4-7-16(14-25)19(20)28)18(27)13-15-6-3-8-17(12-15)21(22,23)24/h7,15,17H,3-6,8-13H2,1-2H3/b16-7-. The monoisotopic (exact) mass is 398 g/mol. The Morgan fingerprint density at radius 2 is 2.00 bits per heavy atom. The third kappa shape index (κ3) is 5.83. The molecule has 1 aliphatic carbocycles. The molecule has 0 saturated heterocycles. The Morgan fingerprint density at radius 3 is 2.64 bits per heavy atom. The van der Waals surface area contributed by atoms with Crippen molar-refractivity contribution in [1.82, 2.24) is 4.90 Å². The highest BCUT2D eigenvalue weighted by atomic mass is 19.4. The van der Waals surface area contributed by atoms with Crippen molar-refractivity contribution in [3.05, 3.63) is 11.6 Å². The highest BCUT2D eigenvalue weighted by Gasteiger charge is 2.42. The van der Waals surface area contributed by atoms with Gasteiger partial charge in [-0.05, 0) is 44.4 Å². The van der Waals surface area contributed by atoms with Crippen molar-refractivity contribution < 1.29 is 22.8 Å². The van der Waals surface area contributed by atoms with Crippen molar-refractivity contribution in [3.8, 4) is 6.07 Å². The van der Waals surface area contributed by atoms with Crippen LogP contribution in [0.5, 0.6) is 0 Å². The van der Waals surface area contributed by atoms with E-state index in [1.165, 1.54) is 0 Å². The van der Waals surface area contributed by atoms with E-state index in [4.69, 9.17) is 0 Å². The van der Waals surface area contributed by atoms with Gasteiger partial charge in [-0.15, -0.1) is 0 Å². The van der Waals surface area contributed by atoms with Crippen LogP contribution in [0.15, 0.2) is 11.6 Å². The Labute approximate surface area is 164 Å². The van der Waals surface area contributed by atoms with Crippen molar-refractivity contribution >= 4 is 11.7 Å². The molecule has 1 amide bonds. The van der Waals surface area contributed by atoms with E-state index < -0.39 is 17.5 Å². The Hall–Kier alpha value is -1.84. The van der Waals surface area contributed by atoms with Crippen molar-refractivity contribution in [3.63, 3.8) is 0 Å². The normalized spacial score (nSPS) is 28.8. The number of carbonyl (C=O) groups excluding carboxylic acids is 2. The topological polar surface area (TPSA) is 61.2 Å². The number of hydrogen-bond donors (Lipinski definition) is 0. The number of hydrogen-bond acceptors (Lipinski definition) is 3. The van der Waals surface area contributed by atoms with E-state index in [1.807, 2.05) is 6.07 Å². The zero-order chi connectivity index (χ0) is 20.9. The Bertz CT molecular complexity index is 662. The summed E-state index contributed by atoms with van der Waals surface area (Å²) < 4.78 is 39.0. The molecule has 0 N–H and O–H groups in total. The molecule has 28 heavy (non-hydrogen) atoms. The van der Waals surface area contributed by atoms with E-state index >= 15 is 0 Å². The van der Waals surface area contributed by atoms with E-state index in [0.717, 1.165) is 0 Å². The number of allylic oxidation sites excluding steroid dienone is 1. The van der Waals surface area contributed by atoms with Gasteiger partial charge in [0.25, 0.3) is 0 Å². The van der Waals surface area contributed by atoms with Gasteiger partial charge in [-0.3, -0.25) is 9.59 Å². The van der Waals surface area contributed by atoms with Crippen LogP contribution < -0.4 is 0 Å². The van der Waals surface area contributed by atoms with Gasteiger partial charge >= 0.3 is 6.18 Å². The zero-order valence-corrected chi connectivity index (χ0v) is 16.6. The van der Waals surface area contributed by atoms with Crippen LogP contribution in [0.3, 0.4) is 0 Å². The number of nitrogens with zero attached hydrogens (tertiary/aromatic N) is 2. The van der Waals surface area contributed by atoms with Gasteiger partial charge in [-0.25, -0.2) is 0 Å². The van der Waals surface area contributed by atoms with Gasteiger partial charge in [0.1, 0.15) is 6.07 Å². The first kappa shape index (κ1) is 22.4. The van der Waals surface area contributed by atoms with E-state index in [9.17, 15) is 28.0 Å². The van der Waals surface area contributed by atoms with Gasteiger partial charge in [-0.2, -0.15) is 18.4 Å². The lowest BCUT2D eigenvalue weighted by Crippen LogP contribution is -2.37. The molecule has 0 bridgehead atoms. The minimum atomic E-state index is -4.19. The number of carbonyl (C=O) groups is 2. The summed E-state index contributed by atoms with van der Waals surface area (Å²) in [6.45, 7) is 4.47. The summed E-state index contributed by atoms with van der Waals surface area (Å²) in [4.78, 5) is 26.9. The van der Waals surface area contributed by atoms with E-state index in [2.05, 4.69) is 0 Å². The minimum Gasteiger partial charge on any atom is -0.342 e. The molecule has 2 aliphatic rings. The number of alkyl halides is 3. The molecule has 0 radical (unpaired) electrons. The Kier molecular flexibility index (Phi) is 7.30. The molecule has 0 spiro atoms. The summed E-state index contributed by atoms with van der Waals surface area (Å²) in [5.74, 6) is -1.82. The summed E-state index contributed by atoms with van der Waals surface area (Å²) in [6, 6.07) is 1.96.